The zero-order valence-corrected chi connectivity index (χ0v) is 23.6. The van der Waals surface area contributed by atoms with Gasteiger partial charge in [-0.25, -0.2) is 4.79 Å². The Balaban J connectivity index is 1.43. The maximum Gasteiger partial charge on any atom is 0.335 e. The van der Waals surface area contributed by atoms with Crippen molar-refractivity contribution in [2.45, 2.75) is 52.4 Å². The van der Waals surface area contributed by atoms with E-state index in [0.29, 0.717) is 34.6 Å². The molecule has 8 heteroatoms. The first-order chi connectivity index (χ1) is 19.3. The predicted molar refractivity (Wildman–Crippen MR) is 152 cm³/mol. The largest absolute Gasteiger partial charge is 0.494 e. The topological polar surface area (TPSA) is 106 Å². The average Bonchev–Trinajstić information content (AvgIpc) is 3.35. The van der Waals surface area contributed by atoms with Crippen molar-refractivity contribution in [1.82, 2.24) is 4.90 Å². The summed E-state index contributed by atoms with van der Waals surface area (Å²) in [5, 5.41) is 9.85. The minimum atomic E-state index is -1.10. The van der Waals surface area contributed by atoms with E-state index in [1.54, 1.807) is 24.3 Å². The van der Waals surface area contributed by atoms with E-state index in [1.807, 2.05) is 0 Å². The molecular formula is C32H39NO7. The summed E-state index contributed by atoms with van der Waals surface area (Å²) in [5.41, 5.74) is 1.11. The number of aromatic carboxylic acids is 1. The van der Waals surface area contributed by atoms with E-state index < -0.39 is 11.9 Å². The second kappa shape index (κ2) is 13.6. The van der Waals surface area contributed by atoms with Crippen molar-refractivity contribution in [1.29, 1.82) is 0 Å². The molecule has 214 valence electrons. The molecule has 2 atom stereocenters. The lowest BCUT2D eigenvalue weighted by Gasteiger charge is -2.37. The van der Waals surface area contributed by atoms with Crippen LogP contribution in [0.5, 0.6) is 5.75 Å². The molecule has 0 saturated carbocycles. The van der Waals surface area contributed by atoms with E-state index in [4.69, 9.17) is 13.9 Å². The number of hydrogen-bond donors (Lipinski definition) is 1. The Kier molecular flexibility index (Phi) is 9.98. The van der Waals surface area contributed by atoms with Crippen LogP contribution in [0.3, 0.4) is 0 Å². The Morgan fingerprint density at radius 1 is 1.00 bits per heavy atom. The van der Waals surface area contributed by atoms with Gasteiger partial charge in [0.1, 0.15) is 17.1 Å². The Morgan fingerprint density at radius 3 is 2.30 bits per heavy atom. The lowest BCUT2D eigenvalue weighted by molar-refractivity contribution is -0.140. The predicted octanol–water partition coefficient (Wildman–Crippen LogP) is 5.99. The number of benzene rings is 2. The number of esters is 1. The van der Waals surface area contributed by atoms with Crippen LogP contribution < -0.4 is 4.74 Å². The molecule has 2 aromatic carbocycles. The Bertz CT molecular complexity index is 1320. The van der Waals surface area contributed by atoms with E-state index in [1.165, 1.54) is 57.7 Å². The molecule has 2 heterocycles. The Hall–Kier alpha value is -3.65. The molecule has 1 aliphatic heterocycles. The molecule has 8 nitrogen and oxygen atoms in total. The lowest BCUT2D eigenvalue weighted by Crippen LogP contribution is -2.41. The van der Waals surface area contributed by atoms with Gasteiger partial charge < -0.3 is 23.9 Å². The number of aryl methyl sites for hydroxylation is 1. The third kappa shape index (κ3) is 7.10. The third-order valence-corrected chi connectivity index (χ3v) is 7.88. The van der Waals surface area contributed by atoms with Gasteiger partial charge in [-0.15, -0.1) is 0 Å². The van der Waals surface area contributed by atoms with Gasteiger partial charge in [-0.1, -0.05) is 26.7 Å². The number of carbonyl (C=O) groups excluding carboxylic acids is 2. The molecule has 2 unspecified atom stereocenters. The number of carbonyl (C=O) groups is 3. The maximum absolute atomic E-state index is 13.6. The highest BCUT2D eigenvalue weighted by molar-refractivity contribution is 6.17. The Morgan fingerprint density at radius 2 is 1.68 bits per heavy atom. The number of hydrogen-bond acceptors (Lipinski definition) is 7. The van der Waals surface area contributed by atoms with Crippen LogP contribution >= 0.6 is 0 Å². The molecule has 1 fully saturated rings. The summed E-state index contributed by atoms with van der Waals surface area (Å²) < 4.78 is 16.6. The van der Waals surface area contributed by atoms with Crippen molar-refractivity contribution < 1.29 is 33.4 Å². The van der Waals surface area contributed by atoms with Crippen LogP contribution in [-0.4, -0.2) is 61.1 Å². The molecule has 4 rings (SSSR count). The molecule has 1 saturated heterocycles. The second-order valence-corrected chi connectivity index (χ2v) is 10.6. The minimum absolute atomic E-state index is 0.0325. The van der Waals surface area contributed by atoms with Crippen LogP contribution in [0.25, 0.3) is 11.0 Å². The van der Waals surface area contributed by atoms with Crippen LogP contribution in [0.1, 0.15) is 78.0 Å². The number of rotatable bonds is 13. The van der Waals surface area contributed by atoms with Crippen LogP contribution in [0.15, 0.2) is 46.9 Å². The van der Waals surface area contributed by atoms with Crippen molar-refractivity contribution in [3.05, 3.63) is 64.9 Å². The average molecular weight is 550 g/mol. The summed E-state index contributed by atoms with van der Waals surface area (Å²) in [4.78, 5) is 39.5. The fraction of sp³-hybridized carbons (Fsp3) is 0.469. The molecule has 0 radical (unpaired) electrons. The van der Waals surface area contributed by atoms with Gasteiger partial charge in [0.2, 0.25) is 0 Å². The van der Waals surface area contributed by atoms with Crippen LogP contribution in [-0.2, 0) is 16.0 Å². The van der Waals surface area contributed by atoms with Crippen molar-refractivity contribution in [2.24, 2.45) is 11.8 Å². The maximum atomic E-state index is 13.6. The highest BCUT2D eigenvalue weighted by Crippen LogP contribution is 2.31. The number of nitrogens with zero attached hydrogens (tertiary/aromatic N) is 1. The quantitative estimate of drug-likeness (QED) is 0.157. The van der Waals surface area contributed by atoms with E-state index in [9.17, 15) is 19.5 Å². The van der Waals surface area contributed by atoms with E-state index in [-0.39, 0.29) is 29.8 Å². The van der Waals surface area contributed by atoms with Gasteiger partial charge in [0.25, 0.3) is 0 Å². The van der Waals surface area contributed by atoms with Gasteiger partial charge in [-0.2, -0.15) is 0 Å². The second-order valence-electron chi connectivity index (χ2n) is 10.6. The van der Waals surface area contributed by atoms with Crippen molar-refractivity contribution in [3.8, 4) is 5.75 Å². The lowest BCUT2D eigenvalue weighted by atomic mass is 9.86. The van der Waals surface area contributed by atoms with Crippen molar-refractivity contribution in [2.75, 3.05) is 33.4 Å². The van der Waals surface area contributed by atoms with E-state index in [0.717, 1.165) is 24.8 Å². The van der Waals surface area contributed by atoms with Gasteiger partial charge in [0, 0.05) is 37.0 Å². The molecule has 1 aromatic heterocycles. The first-order valence-corrected chi connectivity index (χ1v) is 14.2. The molecule has 0 amide bonds. The van der Waals surface area contributed by atoms with Gasteiger partial charge in [0.05, 0.1) is 31.3 Å². The van der Waals surface area contributed by atoms with Crippen LogP contribution in [0.4, 0.5) is 0 Å². The molecule has 3 aromatic rings. The van der Waals surface area contributed by atoms with Crippen LogP contribution in [0, 0.1) is 11.8 Å². The third-order valence-electron chi connectivity index (χ3n) is 7.88. The van der Waals surface area contributed by atoms with Gasteiger partial charge in [-0.3, -0.25) is 9.59 Å². The van der Waals surface area contributed by atoms with Crippen LogP contribution in [0.2, 0.25) is 0 Å². The number of ether oxygens (including phenoxy) is 2. The number of methoxy groups -OCH3 is 1. The number of furan rings is 1. The smallest absolute Gasteiger partial charge is 0.335 e. The summed E-state index contributed by atoms with van der Waals surface area (Å²) >= 11 is 0. The number of carboxylic acid groups (broad SMARTS) is 1. The molecule has 0 bridgehead atoms. The Labute approximate surface area is 235 Å². The van der Waals surface area contributed by atoms with E-state index >= 15 is 0 Å². The number of piperidine rings is 1. The molecule has 40 heavy (non-hydrogen) atoms. The highest BCUT2D eigenvalue weighted by Gasteiger charge is 2.25. The van der Waals surface area contributed by atoms with E-state index in [2.05, 4.69) is 18.7 Å². The summed E-state index contributed by atoms with van der Waals surface area (Å²) in [6, 6.07) is 11.3. The van der Waals surface area contributed by atoms with Gasteiger partial charge in [0.15, 0.2) is 5.78 Å². The zero-order chi connectivity index (χ0) is 28.6. The number of ketones is 1. The number of likely N-dealkylation sites (tertiary alicyclic amines) is 1. The zero-order valence-electron chi connectivity index (χ0n) is 23.6. The highest BCUT2D eigenvalue weighted by atomic mass is 16.5. The normalized spacial score (nSPS) is 17.6. The summed E-state index contributed by atoms with van der Waals surface area (Å²) in [6.45, 7) is 8.52. The van der Waals surface area contributed by atoms with Gasteiger partial charge >= 0.3 is 11.9 Å². The fourth-order valence-electron chi connectivity index (χ4n) is 5.55. The molecular weight excluding hydrogens is 510 g/mol. The molecule has 0 aliphatic carbocycles. The monoisotopic (exact) mass is 549 g/mol. The number of carboxylic acids is 1. The molecule has 1 aliphatic rings. The summed E-state index contributed by atoms with van der Waals surface area (Å²) in [6.07, 6.45) is 4.93. The molecule has 0 spiro atoms. The standard InChI is InChI=1S/C32H39NO7/c1-4-21-17-22(5-2)20-33(19-21)15-6-16-39-25-10-7-23(8-11-25)31(35)30-26-18-24(32(36)37)9-12-27(26)40-28(30)13-14-29(34)38-3/h7-12,18,21-22H,4-6,13-17,19-20H2,1-3H3,(H,36,37). The first kappa shape index (κ1) is 29.3. The number of fused-ring (bicyclic) bond motifs is 1. The minimum Gasteiger partial charge on any atom is -0.494 e. The first-order valence-electron chi connectivity index (χ1n) is 14.2. The SMILES string of the molecule is CCC1CC(CC)CN(CCCOc2ccc(C(=O)c3c(CCC(=O)OC)oc4ccc(C(=O)O)cc34)cc2)C1. The van der Waals surface area contributed by atoms with Gasteiger partial charge in [-0.05, 0) is 67.1 Å². The van der Waals surface area contributed by atoms with Crippen molar-refractivity contribution in [3.63, 3.8) is 0 Å². The summed E-state index contributed by atoms with van der Waals surface area (Å²) in [7, 11) is 1.30. The fourth-order valence-corrected chi connectivity index (χ4v) is 5.55. The van der Waals surface area contributed by atoms with Crippen molar-refractivity contribution >= 4 is 28.7 Å². The summed E-state index contributed by atoms with van der Waals surface area (Å²) in [5.74, 6) is 0.735. The molecule has 1 N–H and O–H groups in total.